The van der Waals surface area contributed by atoms with Gasteiger partial charge >= 0.3 is 6.18 Å². The van der Waals surface area contributed by atoms with Gasteiger partial charge in [-0.05, 0) is 56.5 Å². The van der Waals surface area contributed by atoms with Gasteiger partial charge in [-0.15, -0.1) is 10.2 Å². The molecule has 2 fully saturated rings. The molecule has 1 aliphatic carbocycles. The van der Waals surface area contributed by atoms with Crippen LogP contribution in [0.2, 0.25) is 0 Å². The summed E-state index contributed by atoms with van der Waals surface area (Å²) < 4.78 is 43.6. The Morgan fingerprint density at radius 1 is 0.920 bits per heavy atom. The van der Waals surface area contributed by atoms with Crippen molar-refractivity contribution in [3.8, 4) is 0 Å². The van der Waals surface area contributed by atoms with Crippen molar-refractivity contribution >= 4 is 0 Å². The summed E-state index contributed by atoms with van der Waals surface area (Å²) in [6.07, 6.45) is -0.111. The molecule has 0 unspecified atom stereocenters. The van der Waals surface area contributed by atoms with Gasteiger partial charge < -0.3 is 4.42 Å². The number of hydrogen-bond acceptors (Lipinski definition) is 4. The highest BCUT2D eigenvalue weighted by molar-refractivity contribution is 5.24. The molecule has 1 aromatic heterocycles. The zero-order chi connectivity index (χ0) is 17.4. The van der Waals surface area contributed by atoms with E-state index in [4.69, 9.17) is 4.42 Å². The van der Waals surface area contributed by atoms with E-state index in [2.05, 4.69) is 15.1 Å². The van der Waals surface area contributed by atoms with Gasteiger partial charge in [0.15, 0.2) is 0 Å². The Morgan fingerprint density at radius 2 is 1.48 bits per heavy atom. The summed E-state index contributed by atoms with van der Waals surface area (Å²) in [4.78, 5) is 2.26. The van der Waals surface area contributed by atoms with Crippen LogP contribution in [0.5, 0.6) is 0 Å². The Kier molecular flexibility index (Phi) is 4.27. The van der Waals surface area contributed by atoms with Gasteiger partial charge in [0.25, 0.3) is 0 Å². The molecule has 1 aliphatic heterocycles. The average molecular weight is 351 g/mol. The van der Waals surface area contributed by atoms with Crippen LogP contribution in [0.25, 0.3) is 0 Å². The van der Waals surface area contributed by atoms with Crippen molar-refractivity contribution in [2.45, 2.75) is 50.2 Å². The maximum atomic E-state index is 12.6. The van der Waals surface area contributed by atoms with E-state index in [0.29, 0.717) is 18.4 Å². The van der Waals surface area contributed by atoms with Gasteiger partial charge in [-0.2, -0.15) is 13.2 Å². The Balaban J connectivity index is 1.31. The molecule has 4 rings (SSSR count). The lowest BCUT2D eigenvalue weighted by atomic mass is 9.96. The van der Waals surface area contributed by atoms with E-state index in [1.165, 1.54) is 0 Å². The zero-order valence-corrected chi connectivity index (χ0v) is 13.8. The highest BCUT2D eigenvalue weighted by Crippen LogP contribution is 2.40. The van der Waals surface area contributed by atoms with Gasteiger partial charge in [0.1, 0.15) is 0 Å². The van der Waals surface area contributed by atoms with Gasteiger partial charge in [-0.3, -0.25) is 4.90 Å². The molecule has 0 spiro atoms. The van der Waals surface area contributed by atoms with Gasteiger partial charge in [-0.25, -0.2) is 0 Å². The van der Waals surface area contributed by atoms with Crippen molar-refractivity contribution in [1.82, 2.24) is 15.1 Å². The quantitative estimate of drug-likeness (QED) is 0.821. The molecular formula is C18H20F3N3O. The van der Waals surface area contributed by atoms with Crippen molar-refractivity contribution in [3.63, 3.8) is 0 Å². The molecule has 0 bridgehead atoms. The predicted molar refractivity (Wildman–Crippen MR) is 85.0 cm³/mol. The third-order valence-electron chi connectivity index (χ3n) is 5.01. The first kappa shape index (κ1) is 16.6. The van der Waals surface area contributed by atoms with Crippen LogP contribution in [-0.4, -0.2) is 28.2 Å². The lowest BCUT2D eigenvalue weighted by molar-refractivity contribution is -0.137. The van der Waals surface area contributed by atoms with Crippen molar-refractivity contribution in [2.24, 2.45) is 0 Å². The highest BCUT2D eigenvalue weighted by Gasteiger charge is 2.32. The smallest absolute Gasteiger partial charge is 0.416 e. The van der Waals surface area contributed by atoms with E-state index in [1.807, 2.05) is 0 Å². The molecule has 7 heteroatoms. The number of rotatable bonds is 4. The molecule has 2 heterocycles. The molecule has 2 aliphatic rings. The first-order valence-corrected chi connectivity index (χ1v) is 8.71. The third-order valence-corrected chi connectivity index (χ3v) is 5.01. The summed E-state index contributed by atoms with van der Waals surface area (Å²) in [6.45, 7) is 2.43. The Bertz CT molecular complexity index is 714. The zero-order valence-electron chi connectivity index (χ0n) is 13.8. The molecule has 0 radical (unpaired) electrons. The highest BCUT2D eigenvalue weighted by atomic mass is 19.4. The topological polar surface area (TPSA) is 42.2 Å². The van der Waals surface area contributed by atoms with E-state index >= 15 is 0 Å². The van der Waals surface area contributed by atoms with Crippen molar-refractivity contribution in [3.05, 3.63) is 47.2 Å². The molecule has 4 nitrogen and oxygen atoms in total. The standard InChI is InChI=1S/C18H20F3N3O/c19-18(20,21)15-5-1-12(2-6-15)11-24-9-7-14(8-10-24)17-23-22-16(25-17)13-3-4-13/h1-2,5-6,13-14H,3-4,7-11H2. The van der Waals surface area contributed by atoms with Gasteiger partial charge in [0.05, 0.1) is 5.56 Å². The maximum absolute atomic E-state index is 12.6. The van der Waals surface area contributed by atoms with Crippen molar-refractivity contribution in [2.75, 3.05) is 13.1 Å². The number of alkyl halides is 3. The average Bonchev–Trinajstić information content (AvgIpc) is 3.33. The SMILES string of the molecule is FC(F)(F)c1ccc(CN2CCC(c3nnc(C4CC4)o3)CC2)cc1. The molecule has 134 valence electrons. The van der Waals surface area contributed by atoms with Crippen LogP contribution < -0.4 is 0 Å². The number of nitrogens with zero attached hydrogens (tertiary/aromatic N) is 3. The van der Waals surface area contributed by atoms with Crippen LogP contribution in [0.4, 0.5) is 13.2 Å². The van der Waals surface area contributed by atoms with E-state index in [0.717, 1.165) is 68.3 Å². The molecular weight excluding hydrogens is 331 g/mol. The summed E-state index contributed by atoms with van der Waals surface area (Å²) in [5, 5.41) is 8.35. The molecule has 25 heavy (non-hydrogen) atoms. The number of benzene rings is 1. The molecule has 0 atom stereocenters. The fourth-order valence-corrected chi connectivity index (χ4v) is 3.30. The van der Waals surface area contributed by atoms with Gasteiger partial charge in [0, 0.05) is 18.4 Å². The molecule has 2 aromatic rings. The van der Waals surface area contributed by atoms with Crippen LogP contribution >= 0.6 is 0 Å². The summed E-state index contributed by atoms with van der Waals surface area (Å²) in [6, 6.07) is 5.43. The van der Waals surface area contributed by atoms with E-state index in [1.54, 1.807) is 12.1 Å². The minimum atomic E-state index is -4.28. The van der Waals surface area contributed by atoms with Crippen LogP contribution in [0, 0.1) is 0 Å². The normalized spacial score (nSPS) is 20.1. The van der Waals surface area contributed by atoms with E-state index in [-0.39, 0.29) is 0 Å². The number of likely N-dealkylation sites (tertiary alicyclic amines) is 1. The van der Waals surface area contributed by atoms with Crippen molar-refractivity contribution in [1.29, 1.82) is 0 Å². The fourth-order valence-electron chi connectivity index (χ4n) is 3.30. The minimum absolute atomic E-state index is 0.295. The monoisotopic (exact) mass is 351 g/mol. The number of halogens is 3. The van der Waals surface area contributed by atoms with Crippen molar-refractivity contribution < 1.29 is 17.6 Å². The Morgan fingerprint density at radius 3 is 2.00 bits per heavy atom. The molecule has 1 aromatic carbocycles. The Hall–Kier alpha value is -1.89. The molecule has 0 N–H and O–H groups in total. The summed E-state index contributed by atoms with van der Waals surface area (Å²) in [7, 11) is 0. The number of hydrogen-bond donors (Lipinski definition) is 0. The fraction of sp³-hybridized carbons (Fsp3) is 0.556. The summed E-state index contributed by atoms with van der Waals surface area (Å²) in [5.74, 6) is 2.29. The number of aromatic nitrogens is 2. The maximum Gasteiger partial charge on any atom is 0.416 e. The van der Waals surface area contributed by atoms with Gasteiger partial charge in [0.2, 0.25) is 11.8 Å². The summed E-state index contributed by atoms with van der Waals surface area (Å²) >= 11 is 0. The van der Waals surface area contributed by atoms with Crippen LogP contribution in [0.15, 0.2) is 28.7 Å². The van der Waals surface area contributed by atoms with E-state index < -0.39 is 11.7 Å². The first-order chi connectivity index (χ1) is 12.0. The molecule has 1 saturated heterocycles. The predicted octanol–water partition coefficient (Wildman–Crippen LogP) is 4.35. The largest absolute Gasteiger partial charge is 0.425 e. The lowest BCUT2D eigenvalue weighted by Gasteiger charge is -2.30. The lowest BCUT2D eigenvalue weighted by Crippen LogP contribution is -2.32. The second-order valence-electron chi connectivity index (χ2n) is 7.00. The van der Waals surface area contributed by atoms with Crippen LogP contribution in [0.3, 0.4) is 0 Å². The summed E-state index contributed by atoms with van der Waals surface area (Å²) in [5.41, 5.74) is 0.304. The van der Waals surface area contributed by atoms with E-state index in [9.17, 15) is 13.2 Å². The minimum Gasteiger partial charge on any atom is -0.425 e. The molecule has 0 amide bonds. The molecule has 1 saturated carbocycles. The van der Waals surface area contributed by atoms with Crippen LogP contribution in [0.1, 0.15) is 60.4 Å². The second-order valence-corrected chi connectivity index (χ2v) is 7.00. The first-order valence-electron chi connectivity index (χ1n) is 8.71. The Labute approximate surface area is 144 Å². The van der Waals surface area contributed by atoms with Crippen LogP contribution in [-0.2, 0) is 12.7 Å². The second kappa shape index (κ2) is 6.44. The third kappa shape index (κ3) is 3.86. The van der Waals surface area contributed by atoms with Gasteiger partial charge in [-0.1, -0.05) is 12.1 Å². The number of piperidine rings is 1.